The smallest absolute Gasteiger partial charge is 0.240 e. The number of aryl methyl sites for hydroxylation is 2. The lowest BCUT2D eigenvalue weighted by Crippen LogP contribution is -2.44. The number of rotatable bonds is 3. The fourth-order valence-electron chi connectivity index (χ4n) is 5.80. The average molecular weight is 455 g/mol. The minimum absolute atomic E-state index is 0.101. The van der Waals surface area contributed by atoms with E-state index in [9.17, 15) is 14.4 Å². The van der Waals surface area contributed by atoms with Crippen LogP contribution in [0.3, 0.4) is 0 Å². The molecule has 1 aromatic heterocycles. The molecule has 0 aliphatic carbocycles. The van der Waals surface area contributed by atoms with E-state index < -0.39 is 17.9 Å². The van der Waals surface area contributed by atoms with Crippen LogP contribution in [0, 0.1) is 25.7 Å². The van der Waals surface area contributed by atoms with E-state index in [-0.39, 0.29) is 23.6 Å². The van der Waals surface area contributed by atoms with Gasteiger partial charge in [0, 0.05) is 6.20 Å². The number of anilines is 1. The van der Waals surface area contributed by atoms with Crippen molar-refractivity contribution in [2.75, 3.05) is 4.90 Å². The first-order valence-electron chi connectivity index (χ1n) is 11.1. The number of nitrogens with zero attached hydrogens (tertiary/aromatic N) is 2. The van der Waals surface area contributed by atoms with Gasteiger partial charge in [-0.25, -0.2) is 4.90 Å². The fourth-order valence-corrected chi connectivity index (χ4v) is 6.50. The van der Waals surface area contributed by atoms with Crippen molar-refractivity contribution < 1.29 is 14.4 Å². The van der Waals surface area contributed by atoms with E-state index in [1.54, 1.807) is 6.07 Å². The third kappa shape index (κ3) is 2.74. The lowest BCUT2D eigenvalue weighted by molar-refractivity contribution is -0.123. The number of benzene rings is 2. The summed E-state index contributed by atoms with van der Waals surface area (Å²) in [5.41, 5.74) is 4.40. The average Bonchev–Trinajstić information content (AvgIpc) is 3.51. The number of carbonyl (C=O) groups excluding carboxylic acids is 3. The van der Waals surface area contributed by atoms with Crippen molar-refractivity contribution in [1.29, 1.82) is 0 Å². The van der Waals surface area contributed by atoms with Gasteiger partial charge < -0.3 is 4.90 Å². The molecule has 4 atom stereocenters. The van der Waals surface area contributed by atoms with E-state index in [2.05, 4.69) is 0 Å². The van der Waals surface area contributed by atoms with Gasteiger partial charge in [-0.1, -0.05) is 48.5 Å². The number of carbonyl (C=O) groups is 3. The summed E-state index contributed by atoms with van der Waals surface area (Å²) in [4.78, 5) is 45.5. The summed E-state index contributed by atoms with van der Waals surface area (Å²) < 4.78 is 0. The minimum atomic E-state index is -0.730. The van der Waals surface area contributed by atoms with E-state index >= 15 is 0 Å². The summed E-state index contributed by atoms with van der Waals surface area (Å²) in [6, 6.07) is 16.2. The van der Waals surface area contributed by atoms with Gasteiger partial charge in [0.15, 0.2) is 5.78 Å². The summed E-state index contributed by atoms with van der Waals surface area (Å²) in [5.74, 6) is -1.94. The molecule has 164 valence electrons. The highest BCUT2D eigenvalue weighted by molar-refractivity contribution is 7.12. The Kier molecular flexibility index (Phi) is 4.42. The van der Waals surface area contributed by atoms with Crippen molar-refractivity contribution in [3.05, 3.63) is 93.3 Å². The topological polar surface area (TPSA) is 57.7 Å². The molecule has 2 aromatic carbocycles. The van der Waals surface area contributed by atoms with Gasteiger partial charge in [0.2, 0.25) is 11.8 Å². The lowest BCUT2D eigenvalue weighted by Gasteiger charge is -2.35. The predicted molar refractivity (Wildman–Crippen MR) is 128 cm³/mol. The molecule has 0 N–H and O–H groups in total. The maximum absolute atomic E-state index is 14.0. The SMILES string of the molecule is Cc1cccc(C)c1N1C(=O)C2C(C1=O)C1c3ccccc3C=CN1C2C(=O)c1cccs1. The van der Waals surface area contributed by atoms with Gasteiger partial charge in [0.05, 0.1) is 28.4 Å². The molecule has 3 aromatic rings. The van der Waals surface area contributed by atoms with E-state index in [4.69, 9.17) is 0 Å². The van der Waals surface area contributed by atoms with Crippen LogP contribution in [-0.4, -0.2) is 28.5 Å². The molecular formula is C27H22N2O3S. The molecule has 2 saturated heterocycles. The molecule has 3 aliphatic heterocycles. The molecule has 33 heavy (non-hydrogen) atoms. The zero-order chi connectivity index (χ0) is 22.9. The van der Waals surface area contributed by atoms with Gasteiger partial charge >= 0.3 is 0 Å². The first-order valence-corrected chi connectivity index (χ1v) is 11.9. The Labute approximate surface area is 195 Å². The number of para-hydroxylation sites is 1. The summed E-state index contributed by atoms with van der Waals surface area (Å²) in [6.07, 6.45) is 3.87. The van der Waals surface area contributed by atoms with Crippen LogP contribution in [-0.2, 0) is 9.59 Å². The summed E-state index contributed by atoms with van der Waals surface area (Å²) in [7, 11) is 0. The number of thiophene rings is 1. The van der Waals surface area contributed by atoms with Crippen LogP contribution >= 0.6 is 11.3 Å². The van der Waals surface area contributed by atoms with Crippen LogP contribution in [0.5, 0.6) is 0 Å². The van der Waals surface area contributed by atoms with Crippen LogP contribution in [0.15, 0.2) is 66.2 Å². The van der Waals surface area contributed by atoms with Crippen LogP contribution in [0.2, 0.25) is 0 Å². The van der Waals surface area contributed by atoms with Crippen LogP contribution < -0.4 is 4.90 Å². The molecule has 5 nitrogen and oxygen atoms in total. The molecule has 3 aliphatic rings. The molecule has 0 spiro atoms. The van der Waals surface area contributed by atoms with Crippen molar-refractivity contribution >= 4 is 40.7 Å². The van der Waals surface area contributed by atoms with E-state index in [1.807, 2.05) is 84.9 Å². The van der Waals surface area contributed by atoms with Gasteiger partial charge in [-0.05, 0) is 53.6 Å². The zero-order valence-corrected chi connectivity index (χ0v) is 19.1. The first kappa shape index (κ1) is 20.1. The molecule has 0 saturated carbocycles. The van der Waals surface area contributed by atoms with E-state index in [1.165, 1.54) is 16.2 Å². The van der Waals surface area contributed by atoms with Crippen LogP contribution in [0.25, 0.3) is 6.08 Å². The fraction of sp³-hybridized carbons (Fsp3) is 0.222. The monoisotopic (exact) mass is 454 g/mol. The number of Topliss-reactive ketones (excluding diaryl/α,β-unsaturated/α-hetero) is 1. The highest BCUT2D eigenvalue weighted by Crippen LogP contribution is 2.54. The van der Waals surface area contributed by atoms with Crippen molar-refractivity contribution in [3.8, 4) is 0 Å². The zero-order valence-electron chi connectivity index (χ0n) is 18.3. The van der Waals surface area contributed by atoms with Crippen molar-refractivity contribution in [3.63, 3.8) is 0 Å². The van der Waals surface area contributed by atoms with Gasteiger partial charge in [0.25, 0.3) is 0 Å². The maximum atomic E-state index is 14.0. The molecule has 2 amide bonds. The van der Waals surface area contributed by atoms with E-state index in [0.29, 0.717) is 10.6 Å². The molecular weight excluding hydrogens is 432 g/mol. The summed E-state index contributed by atoms with van der Waals surface area (Å²) in [5, 5.41) is 1.86. The number of hydrogen-bond donors (Lipinski definition) is 0. The Morgan fingerprint density at radius 1 is 0.879 bits per heavy atom. The second-order valence-electron chi connectivity index (χ2n) is 8.93. The number of amides is 2. The van der Waals surface area contributed by atoms with Crippen molar-refractivity contribution in [2.24, 2.45) is 11.8 Å². The highest BCUT2D eigenvalue weighted by Gasteiger charge is 2.64. The third-order valence-electron chi connectivity index (χ3n) is 7.16. The van der Waals surface area contributed by atoms with Gasteiger partial charge in [-0.15, -0.1) is 11.3 Å². The van der Waals surface area contributed by atoms with Gasteiger partial charge in [0.1, 0.15) is 6.04 Å². The van der Waals surface area contributed by atoms with Crippen LogP contribution in [0.1, 0.15) is 38.0 Å². The Bertz CT molecular complexity index is 1320. The molecule has 4 heterocycles. The number of imide groups is 1. The Hall–Kier alpha value is -3.51. The number of ketones is 1. The number of fused-ring (bicyclic) bond motifs is 5. The quantitative estimate of drug-likeness (QED) is 0.423. The van der Waals surface area contributed by atoms with Crippen LogP contribution in [0.4, 0.5) is 5.69 Å². The van der Waals surface area contributed by atoms with Crippen molar-refractivity contribution in [2.45, 2.75) is 25.9 Å². The summed E-state index contributed by atoms with van der Waals surface area (Å²) >= 11 is 1.37. The largest absolute Gasteiger partial charge is 0.358 e. The minimum Gasteiger partial charge on any atom is -0.358 e. The Balaban J connectivity index is 1.53. The highest BCUT2D eigenvalue weighted by atomic mass is 32.1. The second-order valence-corrected chi connectivity index (χ2v) is 9.87. The Morgan fingerprint density at radius 2 is 1.61 bits per heavy atom. The molecule has 0 radical (unpaired) electrons. The third-order valence-corrected chi connectivity index (χ3v) is 8.04. The second kappa shape index (κ2) is 7.25. The molecule has 4 unspecified atom stereocenters. The molecule has 6 heteroatoms. The molecule has 0 bridgehead atoms. The first-order chi connectivity index (χ1) is 16.0. The Morgan fingerprint density at radius 3 is 2.33 bits per heavy atom. The number of hydrogen-bond acceptors (Lipinski definition) is 5. The maximum Gasteiger partial charge on any atom is 0.240 e. The van der Waals surface area contributed by atoms with E-state index in [0.717, 1.165) is 22.3 Å². The van der Waals surface area contributed by atoms with Crippen molar-refractivity contribution in [1.82, 2.24) is 4.90 Å². The molecule has 6 rings (SSSR count). The lowest BCUT2D eigenvalue weighted by atomic mass is 9.84. The summed E-state index contributed by atoms with van der Waals surface area (Å²) in [6.45, 7) is 3.83. The normalized spacial score (nSPS) is 25.3. The standard InChI is InChI=1S/C27H22N2O3S/c1-15-7-5-8-16(2)22(15)29-26(31)20-21(27(29)32)24(25(30)19-11-6-14-33-19)28-13-12-17-9-3-4-10-18(17)23(20)28/h3-14,20-21,23-24H,1-2H3. The molecule has 2 fully saturated rings. The van der Waals surface area contributed by atoms with Gasteiger partial charge in [-0.3, -0.25) is 14.4 Å². The predicted octanol–water partition coefficient (Wildman–Crippen LogP) is 4.76. The van der Waals surface area contributed by atoms with Gasteiger partial charge in [-0.2, -0.15) is 0 Å².